The third-order valence-electron chi connectivity index (χ3n) is 5.75. The van der Waals surface area contributed by atoms with E-state index in [4.69, 9.17) is 4.74 Å². The first-order chi connectivity index (χ1) is 18.1. The highest BCUT2D eigenvalue weighted by molar-refractivity contribution is 7.98. The van der Waals surface area contributed by atoms with Gasteiger partial charge in [-0.25, -0.2) is 14.8 Å². The summed E-state index contributed by atoms with van der Waals surface area (Å²) < 4.78 is 6.90. The summed E-state index contributed by atoms with van der Waals surface area (Å²) in [5.41, 5.74) is 4.35. The maximum Gasteiger partial charge on any atom is 0.328 e. The van der Waals surface area contributed by atoms with Crippen LogP contribution in [0.5, 0.6) is 0 Å². The number of allylic oxidation sites excluding steroid dienone is 1. The lowest BCUT2D eigenvalue weighted by Gasteiger charge is -2.17. The third kappa shape index (κ3) is 6.96. The fourth-order valence-electron chi connectivity index (χ4n) is 3.88. The molecule has 0 spiro atoms. The first-order valence-electron chi connectivity index (χ1n) is 11.7. The quantitative estimate of drug-likeness (QED) is 0.265. The molecule has 0 fully saturated rings. The lowest BCUT2D eigenvalue weighted by atomic mass is 9.95. The van der Waals surface area contributed by atoms with Crippen LogP contribution in [0, 0.1) is 0 Å². The number of nitrogens with zero attached hydrogens (tertiary/aromatic N) is 3. The van der Waals surface area contributed by atoms with Crippen molar-refractivity contribution in [3.05, 3.63) is 95.0 Å². The Kier molecular flexibility index (Phi) is 9.29. The van der Waals surface area contributed by atoms with E-state index >= 15 is 0 Å². The van der Waals surface area contributed by atoms with Crippen molar-refractivity contribution in [2.75, 3.05) is 19.1 Å². The Morgan fingerprint density at radius 2 is 2.03 bits per heavy atom. The Bertz CT molecular complexity index is 1340. The SMILES string of the molecule is COC(=O)[C@H](CCSC)NC(=O)c1ccc(/C=C(/Cn2ccnc2)c2nccs2)c(-c2ccccc2)c1. The van der Waals surface area contributed by atoms with Gasteiger partial charge in [0, 0.05) is 35.1 Å². The summed E-state index contributed by atoms with van der Waals surface area (Å²) in [5, 5.41) is 5.73. The van der Waals surface area contributed by atoms with Crippen LogP contribution in [-0.4, -0.2) is 51.6 Å². The van der Waals surface area contributed by atoms with Crippen LogP contribution in [0.1, 0.15) is 27.3 Å². The molecule has 190 valence electrons. The molecule has 1 N–H and O–H groups in total. The number of thiazole rings is 1. The van der Waals surface area contributed by atoms with Gasteiger partial charge in [-0.05, 0) is 53.3 Å². The molecule has 1 atom stereocenters. The molecule has 37 heavy (non-hydrogen) atoms. The fourth-order valence-corrected chi connectivity index (χ4v) is 5.00. The van der Waals surface area contributed by atoms with Crippen LogP contribution in [-0.2, 0) is 16.1 Å². The monoisotopic (exact) mass is 532 g/mol. The molecule has 7 nitrogen and oxygen atoms in total. The van der Waals surface area contributed by atoms with E-state index in [9.17, 15) is 9.59 Å². The van der Waals surface area contributed by atoms with Crippen LogP contribution in [0.4, 0.5) is 0 Å². The van der Waals surface area contributed by atoms with Gasteiger partial charge in [0.25, 0.3) is 5.91 Å². The van der Waals surface area contributed by atoms with Crippen molar-refractivity contribution in [2.45, 2.75) is 19.0 Å². The van der Waals surface area contributed by atoms with E-state index in [1.807, 2.05) is 64.9 Å². The number of hydrogen-bond acceptors (Lipinski definition) is 7. The van der Waals surface area contributed by atoms with Crippen molar-refractivity contribution in [1.29, 1.82) is 0 Å². The van der Waals surface area contributed by atoms with E-state index in [0.29, 0.717) is 18.5 Å². The summed E-state index contributed by atoms with van der Waals surface area (Å²) in [6.45, 7) is 0.611. The number of imidazole rings is 1. The van der Waals surface area contributed by atoms with Crippen molar-refractivity contribution in [2.24, 2.45) is 0 Å². The largest absolute Gasteiger partial charge is 0.467 e. The van der Waals surface area contributed by atoms with E-state index in [1.165, 1.54) is 7.11 Å². The number of rotatable bonds is 11. The molecule has 2 aromatic heterocycles. The number of methoxy groups -OCH3 is 1. The molecule has 9 heteroatoms. The Labute approximate surface area is 224 Å². The van der Waals surface area contributed by atoms with Crippen molar-refractivity contribution in [3.63, 3.8) is 0 Å². The van der Waals surface area contributed by atoms with E-state index in [0.717, 1.165) is 33.0 Å². The molecule has 0 aliphatic rings. The highest BCUT2D eigenvalue weighted by Crippen LogP contribution is 2.30. The predicted octanol–water partition coefficient (Wildman–Crippen LogP) is 5.27. The summed E-state index contributed by atoms with van der Waals surface area (Å²) >= 11 is 3.19. The topological polar surface area (TPSA) is 86.1 Å². The van der Waals surface area contributed by atoms with E-state index in [-0.39, 0.29) is 5.91 Å². The van der Waals surface area contributed by atoms with Crippen LogP contribution in [0.25, 0.3) is 22.8 Å². The van der Waals surface area contributed by atoms with Crippen LogP contribution in [0.2, 0.25) is 0 Å². The van der Waals surface area contributed by atoms with Crippen LogP contribution >= 0.6 is 23.1 Å². The number of hydrogen-bond donors (Lipinski definition) is 1. The normalized spacial score (nSPS) is 12.2. The Morgan fingerprint density at radius 1 is 1.19 bits per heavy atom. The molecule has 0 aliphatic carbocycles. The van der Waals surface area contributed by atoms with Gasteiger partial charge in [0.1, 0.15) is 11.0 Å². The first kappa shape index (κ1) is 26.4. The summed E-state index contributed by atoms with van der Waals surface area (Å²) in [7, 11) is 1.33. The van der Waals surface area contributed by atoms with Gasteiger partial charge < -0.3 is 14.6 Å². The van der Waals surface area contributed by atoms with Gasteiger partial charge in [-0.2, -0.15) is 11.8 Å². The molecule has 0 unspecified atom stereocenters. The highest BCUT2D eigenvalue weighted by Gasteiger charge is 2.22. The molecule has 0 radical (unpaired) electrons. The molecule has 0 saturated heterocycles. The van der Waals surface area contributed by atoms with Gasteiger partial charge in [-0.3, -0.25) is 4.79 Å². The number of thioether (sulfide) groups is 1. The molecule has 0 aliphatic heterocycles. The van der Waals surface area contributed by atoms with Crippen LogP contribution in [0.3, 0.4) is 0 Å². The fraction of sp³-hybridized carbons (Fsp3) is 0.214. The number of ether oxygens (including phenoxy) is 1. The Hall–Kier alpha value is -3.69. The zero-order valence-corrected chi connectivity index (χ0v) is 22.3. The maximum atomic E-state index is 13.2. The van der Waals surface area contributed by atoms with Crippen LogP contribution < -0.4 is 5.32 Å². The van der Waals surface area contributed by atoms with Gasteiger partial charge in [-0.1, -0.05) is 36.4 Å². The second-order valence-corrected chi connectivity index (χ2v) is 10.1. The third-order valence-corrected chi connectivity index (χ3v) is 7.24. The summed E-state index contributed by atoms with van der Waals surface area (Å²) in [6.07, 6.45) is 11.8. The lowest BCUT2D eigenvalue weighted by molar-refractivity contribution is -0.142. The second-order valence-electron chi connectivity index (χ2n) is 8.24. The molecule has 4 aromatic rings. The average molecular weight is 533 g/mol. The van der Waals surface area contributed by atoms with Crippen molar-refractivity contribution < 1.29 is 14.3 Å². The second kappa shape index (κ2) is 13.0. The van der Waals surface area contributed by atoms with Gasteiger partial charge in [0.2, 0.25) is 0 Å². The summed E-state index contributed by atoms with van der Waals surface area (Å²) in [4.78, 5) is 34.1. The van der Waals surface area contributed by atoms with E-state index < -0.39 is 12.0 Å². The minimum absolute atomic E-state index is 0.317. The van der Waals surface area contributed by atoms with Gasteiger partial charge in [0.15, 0.2) is 0 Å². The van der Waals surface area contributed by atoms with Gasteiger partial charge in [0.05, 0.1) is 20.0 Å². The lowest BCUT2D eigenvalue weighted by Crippen LogP contribution is -2.41. The Morgan fingerprint density at radius 3 is 2.70 bits per heavy atom. The maximum absolute atomic E-state index is 13.2. The molecule has 0 bridgehead atoms. The first-order valence-corrected chi connectivity index (χ1v) is 14.0. The van der Waals surface area contributed by atoms with E-state index in [1.54, 1.807) is 47.9 Å². The van der Waals surface area contributed by atoms with Crippen LogP contribution in [0.15, 0.2) is 78.8 Å². The van der Waals surface area contributed by atoms with Crippen molar-refractivity contribution >= 4 is 46.6 Å². The summed E-state index contributed by atoms with van der Waals surface area (Å²) in [6, 6.07) is 14.8. The average Bonchev–Trinajstić information content (AvgIpc) is 3.65. The number of amides is 1. The van der Waals surface area contributed by atoms with E-state index in [2.05, 4.69) is 21.4 Å². The zero-order valence-electron chi connectivity index (χ0n) is 20.7. The number of carbonyl (C=O) groups is 2. The minimum atomic E-state index is -0.698. The molecule has 2 heterocycles. The predicted molar refractivity (Wildman–Crippen MR) is 150 cm³/mol. The number of carbonyl (C=O) groups excluding carboxylic acids is 2. The minimum Gasteiger partial charge on any atom is -0.467 e. The number of aromatic nitrogens is 3. The summed E-state index contributed by atoms with van der Waals surface area (Å²) in [5.74, 6) is -0.0317. The van der Waals surface area contributed by atoms with Gasteiger partial charge >= 0.3 is 5.97 Å². The van der Waals surface area contributed by atoms with Crippen molar-refractivity contribution in [1.82, 2.24) is 19.9 Å². The van der Waals surface area contributed by atoms with Crippen molar-refractivity contribution in [3.8, 4) is 11.1 Å². The number of esters is 1. The molecular weight excluding hydrogens is 504 g/mol. The highest BCUT2D eigenvalue weighted by atomic mass is 32.2. The standard InChI is InChI=1S/C28H28N4O3S2/c1-35-28(34)25(10-14-36-2)31-26(33)22-9-8-21(24(17-22)20-6-4-3-5-7-20)16-23(27-30-12-15-37-27)18-32-13-11-29-19-32/h3-9,11-13,15-17,19,25H,10,14,18H2,1-2H3,(H,31,33)/b23-16-/t25-/m0/s1. The zero-order chi connectivity index (χ0) is 26.0. The molecule has 2 aromatic carbocycles. The number of nitrogens with one attached hydrogen (secondary N) is 1. The molecule has 1 amide bonds. The smallest absolute Gasteiger partial charge is 0.328 e. The Balaban J connectivity index is 1.72. The number of benzene rings is 2. The molecule has 0 saturated carbocycles. The molecular formula is C28H28N4O3S2. The molecule has 4 rings (SSSR count). The van der Waals surface area contributed by atoms with Gasteiger partial charge in [-0.15, -0.1) is 11.3 Å².